The number of anilines is 1. The molecular weight excluding hydrogens is 286 g/mol. The van der Waals surface area contributed by atoms with Gasteiger partial charge < -0.3 is 10.5 Å². The SMILES string of the molecule is CCc1cc(CS(=O)c2ccc(N)cc2OC)n(CC)n1. The molecule has 0 spiro atoms. The average molecular weight is 307 g/mol. The van der Waals surface area contributed by atoms with Crippen LogP contribution in [-0.4, -0.2) is 21.1 Å². The molecule has 0 aliphatic heterocycles. The van der Waals surface area contributed by atoms with Crippen LogP contribution < -0.4 is 10.5 Å². The second-order valence-electron chi connectivity index (χ2n) is 4.70. The average Bonchev–Trinajstić information content (AvgIpc) is 2.89. The number of nitrogen functional groups attached to an aromatic ring is 1. The Morgan fingerprint density at radius 3 is 2.71 bits per heavy atom. The lowest BCUT2D eigenvalue weighted by Crippen LogP contribution is -2.07. The van der Waals surface area contributed by atoms with Crippen LogP contribution in [0.25, 0.3) is 0 Å². The van der Waals surface area contributed by atoms with Crippen LogP contribution in [-0.2, 0) is 29.5 Å². The Balaban J connectivity index is 2.27. The lowest BCUT2D eigenvalue weighted by molar-refractivity contribution is 0.404. The monoisotopic (exact) mass is 307 g/mol. The van der Waals surface area contributed by atoms with Crippen molar-refractivity contribution in [2.24, 2.45) is 0 Å². The van der Waals surface area contributed by atoms with E-state index in [0.717, 1.165) is 24.4 Å². The normalized spacial score (nSPS) is 12.3. The first-order valence-corrected chi connectivity index (χ1v) is 8.28. The maximum atomic E-state index is 12.6. The van der Waals surface area contributed by atoms with Crippen molar-refractivity contribution in [2.75, 3.05) is 12.8 Å². The summed E-state index contributed by atoms with van der Waals surface area (Å²) >= 11 is 0. The molecule has 0 saturated heterocycles. The van der Waals surface area contributed by atoms with Gasteiger partial charge in [0.05, 0.1) is 39.9 Å². The highest BCUT2D eigenvalue weighted by atomic mass is 32.2. The van der Waals surface area contributed by atoms with Crippen molar-refractivity contribution < 1.29 is 8.95 Å². The molecule has 2 aromatic rings. The Morgan fingerprint density at radius 2 is 2.10 bits per heavy atom. The van der Waals surface area contributed by atoms with Gasteiger partial charge >= 0.3 is 0 Å². The number of nitrogens with two attached hydrogens (primary N) is 1. The van der Waals surface area contributed by atoms with Crippen molar-refractivity contribution in [1.82, 2.24) is 9.78 Å². The Bertz CT molecular complexity index is 652. The number of methoxy groups -OCH3 is 1. The summed E-state index contributed by atoms with van der Waals surface area (Å²) in [5.74, 6) is 0.979. The number of hydrogen-bond acceptors (Lipinski definition) is 4. The van der Waals surface area contributed by atoms with E-state index < -0.39 is 10.8 Å². The first kappa shape index (κ1) is 15.6. The van der Waals surface area contributed by atoms with E-state index in [4.69, 9.17) is 10.5 Å². The predicted octanol–water partition coefficient (Wildman–Crippen LogP) is 2.36. The van der Waals surface area contributed by atoms with E-state index in [1.165, 1.54) is 0 Å². The summed E-state index contributed by atoms with van der Waals surface area (Å²) in [6.45, 7) is 4.86. The highest BCUT2D eigenvalue weighted by molar-refractivity contribution is 7.84. The van der Waals surface area contributed by atoms with Gasteiger partial charge in [0.15, 0.2) is 0 Å². The van der Waals surface area contributed by atoms with Crippen LogP contribution in [0.5, 0.6) is 5.75 Å². The summed E-state index contributed by atoms with van der Waals surface area (Å²) in [5.41, 5.74) is 8.33. The van der Waals surface area contributed by atoms with Gasteiger partial charge in [-0.2, -0.15) is 5.10 Å². The summed E-state index contributed by atoms with van der Waals surface area (Å²) in [4.78, 5) is 0.661. The van der Waals surface area contributed by atoms with Crippen LogP contribution in [0.1, 0.15) is 25.2 Å². The third-order valence-corrected chi connectivity index (χ3v) is 4.67. The minimum absolute atomic E-state index is 0.418. The van der Waals surface area contributed by atoms with Gasteiger partial charge in [-0.15, -0.1) is 0 Å². The summed E-state index contributed by atoms with van der Waals surface area (Å²) in [6, 6.07) is 7.22. The van der Waals surface area contributed by atoms with Crippen molar-refractivity contribution in [3.05, 3.63) is 35.7 Å². The van der Waals surface area contributed by atoms with Crippen LogP contribution in [0.15, 0.2) is 29.2 Å². The zero-order valence-corrected chi connectivity index (χ0v) is 13.4. The van der Waals surface area contributed by atoms with E-state index in [2.05, 4.69) is 12.0 Å². The van der Waals surface area contributed by atoms with E-state index in [-0.39, 0.29) is 0 Å². The molecule has 0 amide bonds. The summed E-state index contributed by atoms with van der Waals surface area (Å²) in [6.07, 6.45) is 0.873. The topological polar surface area (TPSA) is 70.1 Å². The van der Waals surface area contributed by atoms with Crippen LogP contribution in [0.4, 0.5) is 5.69 Å². The maximum Gasteiger partial charge on any atom is 0.137 e. The molecule has 0 saturated carbocycles. The molecule has 1 aromatic heterocycles. The molecule has 0 bridgehead atoms. The number of aryl methyl sites for hydroxylation is 2. The Hall–Kier alpha value is -1.82. The quantitative estimate of drug-likeness (QED) is 0.832. The van der Waals surface area contributed by atoms with Crippen molar-refractivity contribution in [2.45, 2.75) is 37.5 Å². The zero-order chi connectivity index (χ0) is 15.4. The van der Waals surface area contributed by atoms with Gasteiger partial charge in [0.2, 0.25) is 0 Å². The molecule has 1 atom stereocenters. The van der Waals surface area contributed by atoms with Crippen molar-refractivity contribution in [3.8, 4) is 5.75 Å². The van der Waals surface area contributed by atoms with Gasteiger partial charge in [-0.1, -0.05) is 6.92 Å². The lowest BCUT2D eigenvalue weighted by atomic mass is 10.3. The molecule has 1 heterocycles. The number of rotatable bonds is 6. The van der Waals surface area contributed by atoms with Crippen LogP contribution in [0, 0.1) is 0 Å². The van der Waals surface area contributed by atoms with Gasteiger partial charge in [0.25, 0.3) is 0 Å². The molecule has 1 unspecified atom stereocenters. The molecular formula is C15H21N3O2S. The molecule has 21 heavy (non-hydrogen) atoms. The van der Waals surface area contributed by atoms with Gasteiger partial charge in [0.1, 0.15) is 5.75 Å². The summed E-state index contributed by atoms with van der Waals surface area (Å²) < 4.78 is 19.8. The number of nitrogens with zero attached hydrogens (tertiary/aromatic N) is 2. The van der Waals surface area contributed by atoms with Crippen LogP contribution >= 0.6 is 0 Å². The van der Waals surface area contributed by atoms with E-state index in [1.54, 1.807) is 25.3 Å². The van der Waals surface area contributed by atoms with Crippen LogP contribution in [0.3, 0.4) is 0 Å². The van der Waals surface area contributed by atoms with Crippen molar-refractivity contribution in [1.29, 1.82) is 0 Å². The van der Waals surface area contributed by atoms with E-state index in [9.17, 15) is 4.21 Å². The Labute approximate surface area is 127 Å². The highest BCUT2D eigenvalue weighted by Crippen LogP contribution is 2.26. The Kier molecular flexibility index (Phi) is 5.01. The smallest absolute Gasteiger partial charge is 0.137 e. The molecule has 0 aliphatic rings. The van der Waals surface area contributed by atoms with Crippen molar-refractivity contribution >= 4 is 16.5 Å². The van der Waals surface area contributed by atoms with Crippen LogP contribution in [0.2, 0.25) is 0 Å². The minimum atomic E-state index is -1.20. The molecule has 0 fully saturated rings. The second kappa shape index (κ2) is 6.76. The standard InChI is InChI=1S/C15H21N3O2S/c1-4-12-9-13(18(5-2)17-12)10-21(19)15-7-6-11(16)8-14(15)20-3/h6-9H,4-5,10,16H2,1-3H3. The molecule has 0 radical (unpaired) electrons. The highest BCUT2D eigenvalue weighted by Gasteiger charge is 2.15. The largest absolute Gasteiger partial charge is 0.495 e. The summed E-state index contributed by atoms with van der Waals surface area (Å²) in [7, 11) is 0.360. The fourth-order valence-corrected chi connectivity index (χ4v) is 3.41. The molecule has 1 aromatic carbocycles. The molecule has 5 nitrogen and oxygen atoms in total. The van der Waals surface area contributed by atoms with E-state index in [0.29, 0.717) is 22.1 Å². The van der Waals surface area contributed by atoms with Crippen molar-refractivity contribution in [3.63, 3.8) is 0 Å². The molecule has 2 rings (SSSR count). The zero-order valence-electron chi connectivity index (χ0n) is 12.6. The first-order valence-electron chi connectivity index (χ1n) is 6.96. The van der Waals surface area contributed by atoms with Gasteiger partial charge in [-0.25, -0.2) is 0 Å². The number of hydrogen-bond donors (Lipinski definition) is 1. The maximum absolute atomic E-state index is 12.6. The minimum Gasteiger partial charge on any atom is -0.495 e. The molecule has 6 heteroatoms. The van der Waals surface area contributed by atoms with E-state index in [1.807, 2.05) is 17.7 Å². The number of ether oxygens (including phenoxy) is 1. The fraction of sp³-hybridized carbons (Fsp3) is 0.400. The fourth-order valence-electron chi connectivity index (χ4n) is 2.16. The van der Waals surface area contributed by atoms with Gasteiger partial charge in [-0.05, 0) is 31.5 Å². The molecule has 0 aliphatic carbocycles. The first-order chi connectivity index (χ1) is 10.1. The third kappa shape index (κ3) is 3.44. The lowest BCUT2D eigenvalue weighted by Gasteiger charge is -2.09. The van der Waals surface area contributed by atoms with Gasteiger partial charge in [0, 0.05) is 18.3 Å². The summed E-state index contributed by atoms with van der Waals surface area (Å²) in [5, 5.41) is 4.48. The van der Waals surface area contributed by atoms with Gasteiger partial charge in [-0.3, -0.25) is 8.89 Å². The molecule has 114 valence electrons. The Morgan fingerprint density at radius 1 is 1.33 bits per heavy atom. The second-order valence-corrected chi connectivity index (χ2v) is 6.12. The predicted molar refractivity (Wildman–Crippen MR) is 84.8 cm³/mol. The molecule has 2 N–H and O–H groups in total. The number of aromatic nitrogens is 2. The number of benzene rings is 1. The third-order valence-electron chi connectivity index (χ3n) is 3.29. The van der Waals surface area contributed by atoms with E-state index >= 15 is 0 Å².